The number of rotatable bonds is 7. The molecule has 2 heterocycles. The van der Waals surface area contributed by atoms with E-state index in [9.17, 15) is 4.79 Å². The van der Waals surface area contributed by atoms with E-state index in [2.05, 4.69) is 10.2 Å². The molecule has 0 aliphatic heterocycles. The largest absolute Gasteiger partial charge is 0.404 e. The van der Waals surface area contributed by atoms with Crippen LogP contribution in [0, 0.1) is 5.41 Å². The number of nitrogens with two attached hydrogens (primary N) is 1. The Morgan fingerprint density at radius 1 is 1.09 bits per heavy atom. The molecule has 4 rings (SSSR count). The number of fused-ring (bicyclic) bond motifs is 1. The Kier molecular flexibility index (Phi) is 6.28. The van der Waals surface area contributed by atoms with Crippen LogP contribution in [0.2, 0.25) is 5.02 Å². The van der Waals surface area contributed by atoms with E-state index < -0.39 is 0 Å². The van der Waals surface area contributed by atoms with E-state index in [4.69, 9.17) is 22.7 Å². The van der Waals surface area contributed by atoms with Gasteiger partial charge in [-0.2, -0.15) is 0 Å². The minimum atomic E-state index is -0.127. The van der Waals surface area contributed by atoms with Gasteiger partial charge in [0.15, 0.2) is 5.65 Å². The fourth-order valence-corrected chi connectivity index (χ4v) is 3.66. The van der Waals surface area contributed by atoms with Gasteiger partial charge in [-0.3, -0.25) is 9.20 Å². The molecular weight excluding hydrogens is 424 g/mol. The molecule has 0 aliphatic carbocycles. The van der Waals surface area contributed by atoms with Crippen molar-refractivity contribution in [3.63, 3.8) is 0 Å². The van der Waals surface area contributed by atoms with Crippen molar-refractivity contribution in [2.45, 2.75) is 13.0 Å². The van der Waals surface area contributed by atoms with E-state index in [1.165, 1.54) is 12.4 Å². The Hall–Kier alpha value is -3.97. The van der Waals surface area contributed by atoms with Gasteiger partial charge >= 0.3 is 0 Å². The monoisotopic (exact) mass is 444 g/mol. The molecule has 0 spiro atoms. The molecule has 0 saturated heterocycles. The molecule has 160 valence electrons. The van der Waals surface area contributed by atoms with E-state index in [1.807, 2.05) is 66.9 Å². The fraction of sp³-hybridized carbons (Fsp3) is 0.0833. The third kappa shape index (κ3) is 4.53. The summed E-state index contributed by atoms with van der Waals surface area (Å²) in [6.45, 7) is 0.347. The average Bonchev–Trinajstić information content (AvgIpc) is 3.22. The van der Waals surface area contributed by atoms with Crippen molar-refractivity contribution in [3.8, 4) is 0 Å². The highest BCUT2D eigenvalue weighted by atomic mass is 35.5. The van der Waals surface area contributed by atoms with Gasteiger partial charge in [-0.05, 0) is 47.5 Å². The summed E-state index contributed by atoms with van der Waals surface area (Å²) in [5.74, 6) is 0.438. The number of carbonyl (C=O) groups is 1. The summed E-state index contributed by atoms with van der Waals surface area (Å²) in [6.07, 6.45) is 4.50. The van der Waals surface area contributed by atoms with E-state index in [0.29, 0.717) is 34.3 Å². The normalized spacial score (nSPS) is 11.5. The third-order valence-electron chi connectivity index (χ3n) is 5.07. The van der Waals surface area contributed by atoms with Crippen LogP contribution >= 0.6 is 11.6 Å². The van der Waals surface area contributed by atoms with Crippen molar-refractivity contribution in [3.05, 3.63) is 101 Å². The predicted octanol–water partition coefficient (Wildman–Crippen LogP) is 4.11. The Balaban J connectivity index is 1.66. The molecule has 0 saturated carbocycles. The maximum atomic E-state index is 13.4. The molecule has 0 radical (unpaired) electrons. The Morgan fingerprint density at radius 3 is 2.62 bits per heavy atom. The first-order valence-corrected chi connectivity index (χ1v) is 10.3. The molecule has 0 bridgehead atoms. The van der Waals surface area contributed by atoms with Crippen molar-refractivity contribution in [2.75, 3.05) is 4.90 Å². The third-order valence-corrected chi connectivity index (χ3v) is 5.31. The number of allylic oxidation sites excluding steroid dienone is 1. The molecule has 32 heavy (non-hydrogen) atoms. The zero-order valence-electron chi connectivity index (χ0n) is 17.1. The summed E-state index contributed by atoms with van der Waals surface area (Å²) >= 11 is 6.16. The fourth-order valence-electron chi connectivity index (χ4n) is 3.45. The number of amides is 1. The highest BCUT2D eigenvalue weighted by Gasteiger charge is 2.20. The summed E-state index contributed by atoms with van der Waals surface area (Å²) in [5, 5.41) is 16.4. The van der Waals surface area contributed by atoms with Crippen LogP contribution in [0.15, 0.2) is 79.1 Å². The summed E-state index contributed by atoms with van der Waals surface area (Å²) < 4.78 is 1.81. The van der Waals surface area contributed by atoms with Gasteiger partial charge in [0.25, 0.3) is 0 Å². The number of anilines is 1. The van der Waals surface area contributed by atoms with Gasteiger partial charge in [0.05, 0.1) is 13.0 Å². The Morgan fingerprint density at radius 2 is 1.91 bits per heavy atom. The van der Waals surface area contributed by atoms with Crippen LogP contribution in [-0.2, 0) is 17.8 Å². The van der Waals surface area contributed by atoms with Crippen LogP contribution in [0.1, 0.15) is 17.0 Å². The van der Waals surface area contributed by atoms with Gasteiger partial charge in [-0.25, -0.2) is 0 Å². The topological polar surface area (TPSA) is 100 Å². The average molecular weight is 445 g/mol. The van der Waals surface area contributed by atoms with Crippen LogP contribution in [0.25, 0.3) is 11.2 Å². The number of nitrogens with zero attached hydrogens (tertiary/aromatic N) is 4. The summed E-state index contributed by atoms with van der Waals surface area (Å²) in [6, 6.07) is 20.4. The lowest BCUT2D eigenvalue weighted by Gasteiger charge is -2.23. The maximum absolute atomic E-state index is 13.4. The van der Waals surface area contributed by atoms with Gasteiger partial charge in [-0.15, -0.1) is 10.2 Å². The van der Waals surface area contributed by atoms with Gasteiger partial charge in [0, 0.05) is 34.9 Å². The van der Waals surface area contributed by atoms with Crippen LogP contribution in [0.3, 0.4) is 0 Å². The quantitative estimate of drug-likeness (QED) is 0.419. The second kappa shape index (κ2) is 9.45. The Labute approximate surface area is 190 Å². The second-order valence-corrected chi connectivity index (χ2v) is 7.58. The van der Waals surface area contributed by atoms with Crippen molar-refractivity contribution in [1.29, 1.82) is 5.41 Å². The maximum Gasteiger partial charge on any atom is 0.234 e. The summed E-state index contributed by atoms with van der Waals surface area (Å²) in [5.41, 5.74) is 9.30. The molecule has 7 nitrogen and oxygen atoms in total. The number of hydrogen-bond acceptors (Lipinski definition) is 5. The molecule has 3 N–H and O–H groups in total. The minimum absolute atomic E-state index is 0.0853. The van der Waals surface area contributed by atoms with Crippen LogP contribution in [0.4, 0.5) is 5.69 Å². The molecule has 0 fully saturated rings. The molecule has 0 atom stereocenters. The van der Waals surface area contributed by atoms with E-state index in [1.54, 1.807) is 15.4 Å². The van der Waals surface area contributed by atoms with Crippen molar-refractivity contribution in [2.24, 2.45) is 5.73 Å². The summed E-state index contributed by atoms with van der Waals surface area (Å²) in [4.78, 5) is 15.1. The van der Waals surface area contributed by atoms with Crippen LogP contribution in [-0.4, -0.2) is 26.7 Å². The Bertz CT molecular complexity index is 1300. The lowest BCUT2D eigenvalue weighted by atomic mass is 10.1. The first-order valence-electron chi connectivity index (χ1n) is 9.95. The summed E-state index contributed by atoms with van der Waals surface area (Å²) in [7, 11) is 0. The highest BCUT2D eigenvalue weighted by Crippen LogP contribution is 2.23. The number of benzene rings is 2. The molecule has 8 heteroatoms. The number of hydrogen-bond donors (Lipinski definition) is 2. The van der Waals surface area contributed by atoms with E-state index >= 15 is 0 Å². The number of carbonyl (C=O) groups excluding carboxylic acids is 1. The lowest BCUT2D eigenvalue weighted by molar-refractivity contribution is -0.118. The van der Waals surface area contributed by atoms with Crippen molar-refractivity contribution < 1.29 is 4.79 Å². The standard InChI is InChI=1S/C24H21ClN6O/c25-20-5-3-4-17(12-20)16-31(21-9-7-18(8-10-21)19(14-26)15-27)24(32)13-23-29-28-22-6-1-2-11-30(22)23/h1-12,14-15,26H,13,16,27H2/b19-15+,26-14?. The molecular formula is C24H21ClN6O. The van der Waals surface area contributed by atoms with Gasteiger partial charge in [0.2, 0.25) is 5.91 Å². The minimum Gasteiger partial charge on any atom is -0.404 e. The van der Waals surface area contributed by atoms with E-state index in [0.717, 1.165) is 11.1 Å². The van der Waals surface area contributed by atoms with Gasteiger partial charge in [0.1, 0.15) is 5.82 Å². The number of pyridine rings is 1. The van der Waals surface area contributed by atoms with Crippen molar-refractivity contribution in [1.82, 2.24) is 14.6 Å². The van der Waals surface area contributed by atoms with Gasteiger partial charge < -0.3 is 16.0 Å². The molecule has 1 amide bonds. The van der Waals surface area contributed by atoms with E-state index in [-0.39, 0.29) is 12.3 Å². The molecule has 4 aromatic rings. The highest BCUT2D eigenvalue weighted by molar-refractivity contribution is 6.30. The first-order chi connectivity index (χ1) is 15.6. The van der Waals surface area contributed by atoms with Crippen LogP contribution in [0.5, 0.6) is 0 Å². The van der Waals surface area contributed by atoms with Crippen LogP contribution < -0.4 is 10.6 Å². The molecule has 0 aliphatic rings. The zero-order valence-corrected chi connectivity index (χ0v) is 17.9. The predicted molar refractivity (Wildman–Crippen MR) is 127 cm³/mol. The SMILES string of the molecule is N=C/C(=C\N)c1ccc(N(Cc2cccc(Cl)c2)C(=O)Cc2nnc3ccccn23)cc1. The van der Waals surface area contributed by atoms with Crippen molar-refractivity contribution >= 4 is 40.6 Å². The smallest absolute Gasteiger partial charge is 0.234 e. The van der Waals surface area contributed by atoms with Gasteiger partial charge in [-0.1, -0.05) is 41.9 Å². The lowest BCUT2D eigenvalue weighted by Crippen LogP contribution is -2.32. The number of halogens is 1. The number of nitrogens with one attached hydrogen (secondary N) is 1. The molecule has 2 aromatic heterocycles. The zero-order chi connectivity index (χ0) is 22.5. The first kappa shape index (κ1) is 21.3. The molecule has 2 aromatic carbocycles. The number of aromatic nitrogens is 3. The molecule has 0 unspecified atom stereocenters. The second-order valence-electron chi connectivity index (χ2n) is 7.14.